The number of hydrogen-bond donors (Lipinski definition) is 1. The van der Waals surface area contributed by atoms with Gasteiger partial charge in [-0.1, -0.05) is 13.8 Å². The van der Waals surface area contributed by atoms with E-state index in [1.54, 1.807) is 0 Å². The van der Waals surface area contributed by atoms with E-state index in [0.717, 1.165) is 39.3 Å². The second-order valence-electron chi connectivity index (χ2n) is 7.00. The molecule has 0 aliphatic carbocycles. The monoisotopic (exact) mass is 269 g/mol. The fraction of sp³-hybridized carbons (Fsp3) is 0.933. The van der Waals surface area contributed by atoms with Gasteiger partial charge >= 0.3 is 0 Å². The maximum atomic E-state index is 12.1. The van der Waals surface area contributed by atoms with Crippen molar-refractivity contribution < 1.29 is 4.79 Å². The van der Waals surface area contributed by atoms with E-state index in [1.807, 2.05) is 4.90 Å². The molecule has 1 heterocycles. The molecule has 1 aliphatic heterocycles. The van der Waals surface area contributed by atoms with Gasteiger partial charge in [-0.15, -0.1) is 0 Å². The summed E-state index contributed by atoms with van der Waals surface area (Å²) in [5.74, 6) is 0.999. The third-order valence-corrected chi connectivity index (χ3v) is 3.34. The van der Waals surface area contributed by atoms with Crippen molar-refractivity contribution in [1.29, 1.82) is 0 Å². The minimum absolute atomic E-state index is 0.0935. The van der Waals surface area contributed by atoms with Crippen LogP contribution in [0.3, 0.4) is 0 Å². The Kier molecular flexibility index (Phi) is 6.27. The van der Waals surface area contributed by atoms with Crippen LogP contribution >= 0.6 is 0 Å². The predicted molar refractivity (Wildman–Crippen MR) is 80.2 cm³/mol. The maximum absolute atomic E-state index is 12.1. The minimum Gasteiger partial charge on any atom is -0.340 e. The van der Waals surface area contributed by atoms with E-state index in [9.17, 15) is 4.79 Å². The first kappa shape index (κ1) is 16.4. The Hall–Kier alpha value is -0.610. The molecule has 0 spiro atoms. The molecule has 4 heteroatoms. The number of carbonyl (C=O) groups excluding carboxylic acids is 1. The van der Waals surface area contributed by atoms with E-state index >= 15 is 0 Å². The summed E-state index contributed by atoms with van der Waals surface area (Å²) in [6.07, 6.45) is 0.613. The van der Waals surface area contributed by atoms with E-state index in [-0.39, 0.29) is 5.54 Å². The molecule has 1 amide bonds. The fourth-order valence-corrected chi connectivity index (χ4v) is 2.40. The Morgan fingerprint density at radius 2 is 1.74 bits per heavy atom. The molecule has 1 N–H and O–H groups in total. The highest BCUT2D eigenvalue weighted by molar-refractivity contribution is 5.76. The number of nitrogens with zero attached hydrogens (tertiary/aromatic N) is 2. The molecular weight excluding hydrogens is 238 g/mol. The van der Waals surface area contributed by atoms with Crippen molar-refractivity contribution in [2.24, 2.45) is 5.92 Å². The molecule has 1 saturated heterocycles. The van der Waals surface area contributed by atoms with Crippen LogP contribution in [0.25, 0.3) is 0 Å². The molecule has 0 unspecified atom stereocenters. The quantitative estimate of drug-likeness (QED) is 0.823. The molecule has 19 heavy (non-hydrogen) atoms. The highest BCUT2D eigenvalue weighted by Crippen LogP contribution is 2.07. The first-order valence-electron chi connectivity index (χ1n) is 7.53. The van der Waals surface area contributed by atoms with Gasteiger partial charge in [0.15, 0.2) is 0 Å². The molecule has 0 aromatic rings. The zero-order valence-corrected chi connectivity index (χ0v) is 13.3. The summed E-state index contributed by atoms with van der Waals surface area (Å²) in [6.45, 7) is 16.6. The SMILES string of the molecule is CC(C)CN1CCN(C(=O)CCNC(C)(C)C)CC1. The molecule has 0 atom stereocenters. The standard InChI is InChI=1S/C15H31N3O/c1-13(2)12-17-8-10-18(11-9-17)14(19)6-7-16-15(3,4)5/h13,16H,6-12H2,1-5H3. The Morgan fingerprint density at radius 3 is 2.21 bits per heavy atom. The van der Waals surface area contributed by atoms with Gasteiger partial charge in [-0.2, -0.15) is 0 Å². The number of nitrogens with one attached hydrogen (secondary N) is 1. The zero-order valence-electron chi connectivity index (χ0n) is 13.3. The van der Waals surface area contributed by atoms with Crippen molar-refractivity contribution in [3.05, 3.63) is 0 Å². The Balaban J connectivity index is 2.22. The summed E-state index contributed by atoms with van der Waals surface area (Å²) in [5.41, 5.74) is 0.0935. The lowest BCUT2D eigenvalue weighted by atomic mass is 10.1. The van der Waals surface area contributed by atoms with Crippen LogP contribution < -0.4 is 5.32 Å². The molecule has 0 radical (unpaired) electrons. The molecule has 0 bridgehead atoms. The average Bonchev–Trinajstić information content (AvgIpc) is 2.27. The third-order valence-electron chi connectivity index (χ3n) is 3.34. The van der Waals surface area contributed by atoms with Gasteiger partial charge in [-0.05, 0) is 26.7 Å². The summed E-state index contributed by atoms with van der Waals surface area (Å²) < 4.78 is 0. The van der Waals surface area contributed by atoms with Crippen LogP contribution in [0.5, 0.6) is 0 Å². The van der Waals surface area contributed by atoms with Crippen LogP contribution in [0.4, 0.5) is 0 Å². The van der Waals surface area contributed by atoms with Crippen LogP contribution in [0, 0.1) is 5.92 Å². The second kappa shape index (κ2) is 7.25. The van der Waals surface area contributed by atoms with Gasteiger partial charge < -0.3 is 10.2 Å². The first-order chi connectivity index (χ1) is 8.78. The summed E-state index contributed by atoms with van der Waals surface area (Å²) in [6, 6.07) is 0. The summed E-state index contributed by atoms with van der Waals surface area (Å²) in [7, 11) is 0. The number of carbonyl (C=O) groups is 1. The van der Waals surface area contributed by atoms with Gasteiger partial charge in [-0.3, -0.25) is 9.69 Å². The maximum Gasteiger partial charge on any atom is 0.223 e. The lowest BCUT2D eigenvalue weighted by Crippen LogP contribution is -2.50. The summed E-state index contributed by atoms with van der Waals surface area (Å²) in [4.78, 5) is 16.6. The highest BCUT2D eigenvalue weighted by atomic mass is 16.2. The molecule has 0 saturated carbocycles. The Morgan fingerprint density at radius 1 is 1.16 bits per heavy atom. The van der Waals surface area contributed by atoms with Crippen molar-refractivity contribution in [1.82, 2.24) is 15.1 Å². The molecule has 4 nitrogen and oxygen atoms in total. The highest BCUT2D eigenvalue weighted by Gasteiger charge is 2.21. The normalized spacial score (nSPS) is 18.1. The predicted octanol–water partition coefficient (Wildman–Crippen LogP) is 1.56. The van der Waals surface area contributed by atoms with Gasteiger partial charge in [0.2, 0.25) is 5.91 Å². The first-order valence-corrected chi connectivity index (χ1v) is 7.53. The number of hydrogen-bond acceptors (Lipinski definition) is 3. The second-order valence-corrected chi connectivity index (χ2v) is 7.00. The third kappa shape index (κ3) is 6.92. The van der Waals surface area contributed by atoms with Crippen molar-refractivity contribution in [3.63, 3.8) is 0 Å². The van der Waals surface area contributed by atoms with E-state index < -0.39 is 0 Å². The van der Waals surface area contributed by atoms with Crippen molar-refractivity contribution in [3.8, 4) is 0 Å². The fourth-order valence-electron chi connectivity index (χ4n) is 2.40. The molecular formula is C15H31N3O. The average molecular weight is 269 g/mol. The van der Waals surface area contributed by atoms with Crippen molar-refractivity contribution in [2.45, 2.75) is 46.6 Å². The van der Waals surface area contributed by atoms with E-state index in [2.05, 4.69) is 44.8 Å². The molecule has 112 valence electrons. The van der Waals surface area contributed by atoms with Gasteiger partial charge in [-0.25, -0.2) is 0 Å². The number of rotatable bonds is 5. The van der Waals surface area contributed by atoms with Crippen LogP contribution in [0.1, 0.15) is 41.0 Å². The van der Waals surface area contributed by atoms with E-state index in [4.69, 9.17) is 0 Å². The lowest BCUT2D eigenvalue weighted by molar-refractivity contribution is -0.132. The van der Waals surface area contributed by atoms with Crippen molar-refractivity contribution in [2.75, 3.05) is 39.3 Å². The number of amides is 1. The lowest BCUT2D eigenvalue weighted by Gasteiger charge is -2.35. The van der Waals surface area contributed by atoms with Gasteiger partial charge in [0.05, 0.1) is 0 Å². The molecule has 1 fully saturated rings. The van der Waals surface area contributed by atoms with Crippen LogP contribution in [-0.4, -0.2) is 60.5 Å². The Labute approximate surface area is 118 Å². The summed E-state index contributed by atoms with van der Waals surface area (Å²) >= 11 is 0. The van der Waals surface area contributed by atoms with Gasteiger partial charge in [0.25, 0.3) is 0 Å². The zero-order chi connectivity index (χ0) is 14.5. The van der Waals surface area contributed by atoms with E-state index in [1.165, 1.54) is 0 Å². The molecule has 1 rings (SSSR count). The smallest absolute Gasteiger partial charge is 0.223 e. The van der Waals surface area contributed by atoms with Gasteiger partial charge in [0.1, 0.15) is 0 Å². The Bertz CT molecular complexity index is 276. The number of piperazine rings is 1. The molecule has 0 aromatic heterocycles. The topological polar surface area (TPSA) is 35.6 Å². The molecule has 0 aromatic carbocycles. The van der Waals surface area contributed by atoms with Crippen LogP contribution in [0.2, 0.25) is 0 Å². The van der Waals surface area contributed by atoms with Crippen LogP contribution in [-0.2, 0) is 4.79 Å². The van der Waals surface area contributed by atoms with Crippen LogP contribution in [0.15, 0.2) is 0 Å². The summed E-state index contributed by atoms with van der Waals surface area (Å²) in [5, 5.41) is 3.37. The minimum atomic E-state index is 0.0935. The van der Waals surface area contributed by atoms with E-state index in [0.29, 0.717) is 18.2 Å². The largest absolute Gasteiger partial charge is 0.340 e. The molecule has 1 aliphatic rings. The van der Waals surface area contributed by atoms with Crippen molar-refractivity contribution >= 4 is 5.91 Å². The van der Waals surface area contributed by atoms with Gasteiger partial charge in [0, 0.05) is 51.2 Å².